The van der Waals surface area contributed by atoms with Gasteiger partial charge in [0.15, 0.2) is 0 Å². The predicted molar refractivity (Wildman–Crippen MR) is 83.5 cm³/mol. The monoisotopic (exact) mass is 284 g/mol. The number of hydrogen-bond acceptors (Lipinski definition) is 3. The Kier molecular flexibility index (Phi) is 3.20. The molecule has 3 rings (SSSR count). The standard InChI is InChI=1S/C16H20N4O/c1-10-16(11(2)20(4)18-10)17-13-9-15(21)19(3)14-8-6-5-7-12(13)14/h5-8,13,17H,9H2,1-4H3. The van der Waals surface area contributed by atoms with Crippen LogP contribution in [0.2, 0.25) is 0 Å². The van der Waals surface area contributed by atoms with Crippen LogP contribution in [-0.4, -0.2) is 22.7 Å². The molecule has 0 saturated carbocycles. The van der Waals surface area contributed by atoms with E-state index in [1.165, 1.54) is 0 Å². The van der Waals surface area contributed by atoms with Crippen LogP contribution in [0.3, 0.4) is 0 Å². The Morgan fingerprint density at radius 2 is 1.95 bits per heavy atom. The molecule has 1 atom stereocenters. The van der Waals surface area contributed by atoms with Crippen LogP contribution in [0.25, 0.3) is 0 Å². The van der Waals surface area contributed by atoms with Gasteiger partial charge < -0.3 is 10.2 Å². The van der Waals surface area contributed by atoms with Gasteiger partial charge in [-0.1, -0.05) is 18.2 Å². The summed E-state index contributed by atoms with van der Waals surface area (Å²) in [6.07, 6.45) is 0.460. The number of fused-ring (bicyclic) bond motifs is 1. The predicted octanol–water partition coefficient (Wildman–Crippen LogP) is 2.56. The molecule has 1 amide bonds. The summed E-state index contributed by atoms with van der Waals surface area (Å²) in [6.45, 7) is 4.02. The molecule has 1 N–H and O–H groups in total. The van der Waals surface area contributed by atoms with Crippen LogP contribution < -0.4 is 10.2 Å². The molecule has 1 aliphatic rings. The molecular weight excluding hydrogens is 264 g/mol. The molecule has 5 nitrogen and oxygen atoms in total. The average molecular weight is 284 g/mol. The van der Waals surface area contributed by atoms with Crippen LogP contribution >= 0.6 is 0 Å². The zero-order chi connectivity index (χ0) is 15.1. The van der Waals surface area contributed by atoms with Crippen molar-refractivity contribution in [2.45, 2.75) is 26.3 Å². The fourth-order valence-electron chi connectivity index (χ4n) is 2.93. The third kappa shape index (κ3) is 2.18. The van der Waals surface area contributed by atoms with E-state index in [0.717, 1.165) is 28.3 Å². The smallest absolute Gasteiger partial charge is 0.229 e. The van der Waals surface area contributed by atoms with Crippen molar-refractivity contribution >= 4 is 17.3 Å². The number of benzene rings is 1. The third-order valence-corrected chi connectivity index (χ3v) is 4.25. The third-order valence-electron chi connectivity index (χ3n) is 4.25. The zero-order valence-corrected chi connectivity index (χ0v) is 12.8. The van der Waals surface area contributed by atoms with Gasteiger partial charge in [0, 0.05) is 19.8 Å². The SMILES string of the molecule is Cc1nn(C)c(C)c1NC1CC(=O)N(C)c2ccccc21. The van der Waals surface area contributed by atoms with Gasteiger partial charge in [0.1, 0.15) is 0 Å². The van der Waals surface area contributed by atoms with Crippen molar-refractivity contribution in [1.29, 1.82) is 0 Å². The zero-order valence-electron chi connectivity index (χ0n) is 12.8. The average Bonchev–Trinajstić information content (AvgIpc) is 2.71. The van der Waals surface area contributed by atoms with E-state index < -0.39 is 0 Å². The first-order valence-corrected chi connectivity index (χ1v) is 7.11. The second-order valence-corrected chi connectivity index (χ2v) is 5.58. The fraction of sp³-hybridized carbons (Fsp3) is 0.375. The highest BCUT2D eigenvalue weighted by Crippen LogP contribution is 2.36. The van der Waals surface area contributed by atoms with E-state index in [1.807, 2.05) is 50.8 Å². The summed E-state index contributed by atoms with van der Waals surface area (Å²) in [4.78, 5) is 13.9. The number of carbonyl (C=O) groups is 1. The second-order valence-electron chi connectivity index (χ2n) is 5.58. The number of amides is 1. The molecule has 21 heavy (non-hydrogen) atoms. The Hall–Kier alpha value is -2.30. The number of aromatic nitrogens is 2. The number of nitrogens with zero attached hydrogens (tertiary/aromatic N) is 3. The van der Waals surface area contributed by atoms with Gasteiger partial charge >= 0.3 is 0 Å². The Morgan fingerprint density at radius 1 is 1.24 bits per heavy atom. The van der Waals surface area contributed by atoms with Gasteiger partial charge in [-0.05, 0) is 25.5 Å². The number of nitrogens with one attached hydrogen (secondary N) is 1. The molecule has 2 aromatic rings. The van der Waals surface area contributed by atoms with Gasteiger partial charge in [-0.15, -0.1) is 0 Å². The maximum Gasteiger partial charge on any atom is 0.229 e. The van der Waals surface area contributed by atoms with Crippen molar-refractivity contribution in [2.24, 2.45) is 7.05 Å². The van der Waals surface area contributed by atoms with Gasteiger partial charge in [0.25, 0.3) is 0 Å². The number of aryl methyl sites for hydroxylation is 2. The highest BCUT2D eigenvalue weighted by Gasteiger charge is 2.29. The normalized spacial score (nSPS) is 17.8. The van der Waals surface area contributed by atoms with Crippen LogP contribution in [0, 0.1) is 13.8 Å². The van der Waals surface area contributed by atoms with Crippen molar-refractivity contribution in [3.8, 4) is 0 Å². The fourth-order valence-corrected chi connectivity index (χ4v) is 2.93. The van der Waals surface area contributed by atoms with E-state index in [0.29, 0.717) is 6.42 Å². The lowest BCUT2D eigenvalue weighted by Crippen LogP contribution is -2.35. The van der Waals surface area contributed by atoms with E-state index in [4.69, 9.17) is 0 Å². The van der Waals surface area contributed by atoms with Crippen molar-refractivity contribution in [3.05, 3.63) is 41.2 Å². The van der Waals surface area contributed by atoms with Crippen LogP contribution in [0.4, 0.5) is 11.4 Å². The Balaban J connectivity index is 2.00. The van der Waals surface area contributed by atoms with E-state index in [9.17, 15) is 4.79 Å². The Labute approximate surface area is 124 Å². The number of carbonyl (C=O) groups excluding carboxylic acids is 1. The summed E-state index contributed by atoms with van der Waals surface area (Å²) in [5.74, 6) is 0.130. The van der Waals surface area contributed by atoms with Gasteiger partial charge in [-0.3, -0.25) is 9.48 Å². The molecule has 5 heteroatoms. The Morgan fingerprint density at radius 3 is 2.62 bits per heavy atom. The molecule has 0 fully saturated rings. The number of anilines is 2. The van der Waals surface area contributed by atoms with Gasteiger partial charge in [-0.25, -0.2) is 0 Å². The molecule has 2 heterocycles. The summed E-state index contributed by atoms with van der Waals surface area (Å²) < 4.78 is 1.86. The number of rotatable bonds is 2. The highest BCUT2D eigenvalue weighted by molar-refractivity contribution is 5.97. The molecule has 1 unspecified atom stereocenters. The summed E-state index contributed by atoms with van der Waals surface area (Å²) >= 11 is 0. The van der Waals surface area contributed by atoms with Crippen LogP contribution in [-0.2, 0) is 11.8 Å². The lowest BCUT2D eigenvalue weighted by Gasteiger charge is -2.32. The molecule has 0 spiro atoms. The summed E-state index contributed by atoms with van der Waals surface area (Å²) in [6, 6.07) is 8.04. The van der Waals surface area contributed by atoms with Gasteiger partial charge in [0.2, 0.25) is 5.91 Å². The van der Waals surface area contributed by atoms with E-state index in [1.54, 1.807) is 4.90 Å². The molecule has 1 aliphatic heterocycles. The number of hydrogen-bond donors (Lipinski definition) is 1. The molecule has 0 bridgehead atoms. The minimum Gasteiger partial charge on any atom is -0.375 e. The van der Waals surface area contributed by atoms with Crippen LogP contribution in [0.15, 0.2) is 24.3 Å². The largest absolute Gasteiger partial charge is 0.375 e. The second kappa shape index (κ2) is 4.91. The van der Waals surface area contributed by atoms with Crippen molar-refractivity contribution in [3.63, 3.8) is 0 Å². The lowest BCUT2D eigenvalue weighted by molar-refractivity contribution is -0.118. The van der Waals surface area contributed by atoms with E-state index in [-0.39, 0.29) is 11.9 Å². The number of para-hydroxylation sites is 1. The summed E-state index contributed by atoms with van der Waals surface area (Å²) in [5, 5.41) is 7.94. The van der Waals surface area contributed by atoms with Gasteiger partial charge in [0.05, 0.1) is 29.5 Å². The van der Waals surface area contributed by atoms with E-state index >= 15 is 0 Å². The molecule has 0 aliphatic carbocycles. The molecule has 0 radical (unpaired) electrons. The van der Waals surface area contributed by atoms with Crippen molar-refractivity contribution < 1.29 is 4.79 Å². The van der Waals surface area contributed by atoms with E-state index in [2.05, 4.69) is 16.5 Å². The maximum atomic E-state index is 12.2. The highest BCUT2D eigenvalue weighted by atomic mass is 16.2. The maximum absolute atomic E-state index is 12.2. The molecular formula is C16H20N4O. The lowest BCUT2D eigenvalue weighted by atomic mass is 9.96. The molecule has 110 valence electrons. The van der Waals surface area contributed by atoms with Crippen LogP contribution in [0.5, 0.6) is 0 Å². The van der Waals surface area contributed by atoms with Crippen molar-refractivity contribution in [2.75, 3.05) is 17.3 Å². The van der Waals surface area contributed by atoms with Crippen LogP contribution in [0.1, 0.15) is 29.4 Å². The van der Waals surface area contributed by atoms with Crippen molar-refractivity contribution in [1.82, 2.24) is 9.78 Å². The first kappa shape index (κ1) is 13.7. The van der Waals surface area contributed by atoms with Gasteiger partial charge in [-0.2, -0.15) is 5.10 Å². The molecule has 1 aromatic heterocycles. The summed E-state index contributed by atoms with van der Waals surface area (Å²) in [7, 11) is 3.76. The minimum atomic E-state index is -0.00787. The summed E-state index contributed by atoms with van der Waals surface area (Å²) in [5.41, 5.74) is 5.19. The molecule has 0 saturated heterocycles. The first-order chi connectivity index (χ1) is 9.99. The first-order valence-electron chi connectivity index (χ1n) is 7.11. The molecule has 1 aromatic carbocycles. The quantitative estimate of drug-likeness (QED) is 0.922. The minimum absolute atomic E-state index is 0.00787. The topological polar surface area (TPSA) is 50.2 Å². The Bertz CT molecular complexity index is 704.